The van der Waals surface area contributed by atoms with E-state index in [9.17, 15) is 0 Å². The van der Waals surface area contributed by atoms with Gasteiger partial charge in [-0.05, 0) is 36.4 Å². The van der Waals surface area contributed by atoms with E-state index in [4.69, 9.17) is 30.2 Å². The van der Waals surface area contributed by atoms with Gasteiger partial charge in [-0.1, -0.05) is 35.5 Å². The normalized spacial score (nSPS) is 12.9. The Morgan fingerprint density at radius 1 is 1.16 bits per heavy atom. The predicted molar refractivity (Wildman–Crippen MR) is 121 cm³/mol. The summed E-state index contributed by atoms with van der Waals surface area (Å²) in [5.74, 6) is 3.77. The zero-order chi connectivity index (χ0) is 21.9. The number of ether oxygens (including phenoxy) is 3. The summed E-state index contributed by atoms with van der Waals surface area (Å²) >= 11 is 7.89. The molecule has 32 heavy (non-hydrogen) atoms. The number of fused-ring (bicyclic) bond motifs is 1. The van der Waals surface area contributed by atoms with Crippen LogP contribution < -0.4 is 9.47 Å². The van der Waals surface area contributed by atoms with E-state index >= 15 is 0 Å². The third-order valence-electron chi connectivity index (χ3n) is 5.05. The Kier molecular flexibility index (Phi) is 6.07. The number of methoxy groups -OCH3 is 1. The lowest BCUT2D eigenvalue weighted by Crippen LogP contribution is -2.13. The SMILES string of the molecule is COc1cccc(-c2nnc(SCc3cc(Cl)cc4c3OCOC4)n2Cc2ccco2)c1. The van der Waals surface area contributed by atoms with E-state index < -0.39 is 0 Å². The third kappa shape index (κ3) is 4.34. The largest absolute Gasteiger partial charge is 0.497 e. The minimum atomic E-state index is 0.237. The minimum Gasteiger partial charge on any atom is -0.497 e. The number of halogens is 1. The van der Waals surface area contributed by atoms with Crippen LogP contribution in [0.5, 0.6) is 11.5 Å². The molecule has 1 aliphatic heterocycles. The van der Waals surface area contributed by atoms with E-state index in [0.29, 0.717) is 23.9 Å². The smallest absolute Gasteiger partial charge is 0.192 e. The van der Waals surface area contributed by atoms with Crippen LogP contribution in [-0.2, 0) is 23.6 Å². The van der Waals surface area contributed by atoms with Crippen LogP contribution in [0, 0.1) is 0 Å². The van der Waals surface area contributed by atoms with Crippen molar-refractivity contribution in [2.75, 3.05) is 13.9 Å². The average molecular weight is 470 g/mol. The van der Waals surface area contributed by atoms with Crippen molar-refractivity contribution in [3.63, 3.8) is 0 Å². The van der Waals surface area contributed by atoms with Crippen LogP contribution in [0.3, 0.4) is 0 Å². The molecular weight excluding hydrogens is 450 g/mol. The standard InChI is InChI=1S/C23H20ClN3O4S/c1-28-19-5-2-4-15(10-19)22-25-26-23(27(22)11-20-6-3-7-30-20)32-13-17-9-18(24)8-16-12-29-14-31-21(16)17/h2-10H,11-14H2,1H3. The van der Waals surface area contributed by atoms with Crippen LogP contribution in [-0.4, -0.2) is 28.7 Å². The summed E-state index contributed by atoms with van der Waals surface area (Å²) in [6, 6.07) is 15.4. The van der Waals surface area contributed by atoms with Crippen molar-refractivity contribution in [2.24, 2.45) is 0 Å². The summed E-state index contributed by atoms with van der Waals surface area (Å²) in [4.78, 5) is 0. The van der Waals surface area contributed by atoms with Gasteiger partial charge >= 0.3 is 0 Å². The topological polar surface area (TPSA) is 71.5 Å². The van der Waals surface area contributed by atoms with Crippen molar-refractivity contribution in [3.8, 4) is 22.9 Å². The number of aromatic nitrogens is 3. The fourth-order valence-corrected chi connectivity index (χ4v) is 4.75. The Labute approximate surface area is 194 Å². The number of furan rings is 1. The van der Waals surface area contributed by atoms with Crippen molar-refractivity contribution in [2.45, 2.75) is 24.1 Å². The Hall–Kier alpha value is -2.94. The van der Waals surface area contributed by atoms with E-state index in [-0.39, 0.29) is 6.79 Å². The third-order valence-corrected chi connectivity index (χ3v) is 6.28. The molecule has 2 aromatic carbocycles. The second-order valence-corrected chi connectivity index (χ2v) is 8.54. The highest BCUT2D eigenvalue weighted by Gasteiger charge is 2.20. The van der Waals surface area contributed by atoms with E-state index in [0.717, 1.165) is 44.9 Å². The maximum absolute atomic E-state index is 6.32. The minimum absolute atomic E-state index is 0.237. The monoisotopic (exact) mass is 469 g/mol. The predicted octanol–water partition coefficient (Wildman–Crippen LogP) is 5.41. The summed E-state index contributed by atoms with van der Waals surface area (Å²) < 4.78 is 24.1. The molecule has 0 saturated carbocycles. The zero-order valence-electron chi connectivity index (χ0n) is 17.3. The highest BCUT2D eigenvalue weighted by Crippen LogP contribution is 2.36. The molecule has 0 atom stereocenters. The second kappa shape index (κ2) is 9.28. The van der Waals surface area contributed by atoms with Crippen LogP contribution in [0.25, 0.3) is 11.4 Å². The van der Waals surface area contributed by atoms with Gasteiger partial charge in [-0.3, -0.25) is 4.57 Å². The fraction of sp³-hybridized carbons (Fsp3) is 0.217. The lowest BCUT2D eigenvalue weighted by atomic mass is 10.1. The van der Waals surface area contributed by atoms with Gasteiger partial charge in [0.1, 0.15) is 17.3 Å². The summed E-state index contributed by atoms with van der Waals surface area (Å²) in [6.07, 6.45) is 1.66. The van der Waals surface area contributed by atoms with Gasteiger partial charge in [-0.2, -0.15) is 0 Å². The number of rotatable bonds is 7. The first-order valence-electron chi connectivity index (χ1n) is 9.96. The molecule has 0 bridgehead atoms. The summed E-state index contributed by atoms with van der Waals surface area (Å²) in [7, 11) is 1.65. The van der Waals surface area contributed by atoms with Crippen molar-refractivity contribution in [1.29, 1.82) is 0 Å². The summed E-state index contributed by atoms with van der Waals surface area (Å²) in [5, 5.41) is 10.4. The van der Waals surface area contributed by atoms with Gasteiger partial charge in [-0.15, -0.1) is 10.2 Å². The molecule has 0 radical (unpaired) electrons. The molecule has 0 spiro atoms. The molecule has 0 saturated heterocycles. The molecule has 0 fully saturated rings. The molecule has 4 aromatic rings. The molecule has 164 valence electrons. The van der Waals surface area contributed by atoms with Crippen LogP contribution >= 0.6 is 23.4 Å². The van der Waals surface area contributed by atoms with E-state index in [1.54, 1.807) is 25.1 Å². The molecular formula is C23H20ClN3O4S. The Bertz CT molecular complexity index is 1230. The molecule has 5 rings (SSSR count). The highest BCUT2D eigenvalue weighted by molar-refractivity contribution is 7.98. The molecule has 7 nitrogen and oxygen atoms in total. The van der Waals surface area contributed by atoms with Gasteiger partial charge in [0.05, 0.1) is 26.5 Å². The van der Waals surface area contributed by atoms with Crippen molar-refractivity contribution < 1.29 is 18.6 Å². The first kappa shape index (κ1) is 20.9. The van der Waals surface area contributed by atoms with Crippen LogP contribution in [0.1, 0.15) is 16.9 Å². The lowest BCUT2D eigenvalue weighted by molar-refractivity contribution is -0.0168. The van der Waals surface area contributed by atoms with Crippen molar-refractivity contribution in [1.82, 2.24) is 14.8 Å². The number of benzene rings is 2. The number of nitrogens with zero attached hydrogens (tertiary/aromatic N) is 3. The van der Waals surface area contributed by atoms with Crippen LogP contribution in [0.15, 0.2) is 64.4 Å². The number of hydrogen-bond acceptors (Lipinski definition) is 7. The summed E-state index contributed by atoms with van der Waals surface area (Å²) in [5.41, 5.74) is 2.86. The first-order valence-corrected chi connectivity index (χ1v) is 11.3. The summed E-state index contributed by atoms with van der Waals surface area (Å²) in [6.45, 7) is 1.23. The number of thioether (sulfide) groups is 1. The highest BCUT2D eigenvalue weighted by atomic mass is 35.5. The quantitative estimate of drug-likeness (QED) is 0.335. The molecule has 9 heteroatoms. The molecule has 3 heterocycles. The molecule has 1 aliphatic rings. The van der Waals surface area contributed by atoms with Crippen LogP contribution in [0.2, 0.25) is 5.02 Å². The van der Waals surface area contributed by atoms with Crippen molar-refractivity contribution >= 4 is 23.4 Å². The van der Waals surface area contributed by atoms with Gasteiger partial charge in [0, 0.05) is 27.5 Å². The molecule has 2 aromatic heterocycles. The van der Waals surface area contributed by atoms with Gasteiger partial charge in [-0.25, -0.2) is 0 Å². The second-order valence-electron chi connectivity index (χ2n) is 7.16. The van der Waals surface area contributed by atoms with Crippen molar-refractivity contribution in [3.05, 3.63) is 76.7 Å². The lowest BCUT2D eigenvalue weighted by Gasteiger charge is -2.21. The number of hydrogen-bond donors (Lipinski definition) is 0. The Balaban J connectivity index is 1.48. The van der Waals surface area contributed by atoms with Gasteiger partial charge < -0.3 is 18.6 Å². The Morgan fingerprint density at radius 2 is 2.09 bits per heavy atom. The van der Waals surface area contributed by atoms with E-state index in [1.807, 2.05) is 53.1 Å². The Morgan fingerprint density at radius 3 is 2.94 bits per heavy atom. The molecule has 0 unspecified atom stereocenters. The maximum atomic E-state index is 6.32. The molecule has 0 aliphatic carbocycles. The van der Waals surface area contributed by atoms with Crippen LogP contribution in [0.4, 0.5) is 0 Å². The first-order chi connectivity index (χ1) is 15.7. The van der Waals surface area contributed by atoms with E-state index in [2.05, 4.69) is 10.2 Å². The average Bonchev–Trinajstić information content (AvgIpc) is 3.48. The fourth-order valence-electron chi connectivity index (χ4n) is 3.58. The van der Waals surface area contributed by atoms with Gasteiger partial charge in [0.2, 0.25) is 0 Å². The van der Waals surface area contributed by atoms with Gasteiger partial charge in [0.25, 0.3) is 0 Å². The molecule has 0 N–H and O–H groups in total. The maximum Gasteiger partial charge on any atom is 0.192 e. The van der Waals surface area contributed by atoms with E-state index in [1.165, 1.54) is 0 Å². The zero-order valence-corrected chi connectivity index (χ0v) is 18.9. The van der Waals surface area contributed by atoms with Gasteiger partial charge in [0.15, 0.2) is 17.8 Å². The molecule has 0 amide bonds.